The predicted molar refractivity (Wildman–Crippen MR) is 99.1 cm³/mol. The van der Waals surface area contributed by atoms with Crippen molar-refractivity contribution in [2.75, 3.05) is 6.54 Å². The van der Waals surface area contributed by atoms with Gasteiger partial charge in [0.05, 0.1) is 11.6 Å². The first-order chi connectivity index (χ1) is 13.8. The molecule has 0 bridgehead atoms. The van der Waals surface area contributed by atoms with E-state index in [0.717, 1.165) is 17.8 Å². The average Bonchev–Trinajstić information content (AvgIpc) is 3.05. The van der Waals surface area contributed by atoms with Crippen LogP contribution in [0.15, 0.2) is 60.8 Å². The van der Waals surface area contributed by atoms with Gasteiger partial charge in [-0.2, -0.15) is 13.2 Å². The van der Waals surface area contributed by atoms with Crippen molar-refractivity contribution >= 4 is 0 Å². The molecule has 1 unspecified atom stereocenters. The molecule has 29 heavy (non-hydrogen) atoms. The number of aryl methyl sites for hydroxylation is 1. The lowest BCUT2D eigenvalue weighted by atomic mass is 9.99. The molecule has 7 heteroatoms. The van der Waals surface area contributed by atoms with Gasteiger partial charge in [-0.1, -0.05) is 24.3 Å². The minimum absolute atomic E-state index is 0.0821. The van der Waals surface area contributed by atoms with Gasteiger partial charge in [0.25, 0.3) is 0 Å². The second-order valence-electron chi connectivity index (χ2n) is 7.19. The number of hydrogen-bond donors (Lipinski definition) is 0. The molecule has 3 aromatic rings. The van der Waals surface area contributed by atoms with Gasteiger partial charge in [0.1, 0.15) is 11.6 Å². The van der Waals surface area contributed by atoms with Gasteiger partial charge in [0, 0.05) is 37.1 Å². The third kappa shape index (κ3) is 3.92. The van der Waals surface area contributed by atoms with Gasteiger partial charge in [-0.3, -0.25) is 4.90 Å². The zero-order valence-corrected chi connectivity index (χ0v) is 15.5. The highest BCUT2D eigenvalue weighted by molar-refractivity contribution is 5.33. The molecule has 0 aliphatic carbocycles. The Hall–Kier alpha value is -2.67. The zero-order chi connectivity index (χ0) is 20.6. The fourth-order valence-corrected chi connectivity index (χ4v) is 3.99. The van der Waals surface area contributed by atoms with Crippen molar-refractivity contribution in [1.82, 2.24) is 9.47 Å². The molecular formula is C22H19F5N2. The summed E-state index contributed by atoms with van der Waals surface area (Å²) in [5.74, 6) is -1.34. The molecule has 2 heterocycles. The van der Waals surface area contributed by atoms with Crippen molar-refractivity contribution < 1.29 is 22.0 Å². The highest BCUT2D eigenvalue weighted by atomic mass is 19.4. The van der Waals surface area contributed by atoms with E-state index in [1.54, 1.807) is 12.1 Å². The Morgan fingerprint density at radius 1 is 0.897 bits per heavy atom. The summed E-state index contributed by atoms with van der Waals surface area (Å²) in [7, 11) is 0. The highest BCUT2D eigenvalue weighted by Gasteiger charge is 2.33. The molecule has 152 valence electrons. The van der Waals surface area contributed by atoms with Crippen LogP contribution in [-0.2, 0) is 19.3 Å². The van der Waals surface area contributed by atoms with Gasteiger partial charge in [0.15, 0.2) is 0 Å². The minimum Gasteiger partial charge on any atom is -0.350 e. The van der Waals surface area contributed by atoms with E-state index in [0.29, 0.717) is 25.1 Å². The Kier molecular flexibility index (Phi) is 5.17. The number of rotatable bonds is 3. The van der Waals surface area contributed by atoms with E-state index in [1.165, 1.54) is 24.3 Å². The van der Waals surface area contributed by atoms with Gasteiger partial charge >= 0.3 is 6.18 Å². The molecule has 2 nitrogen and oxygen atoms in total. The van der Waals surface area contributed by atoms with Crippen molar-refractivity contribution in [3.8, 4) is 0 Å². The minimum atomic E-state index is -4.44. The smallest absolute Gasteiger partial charge is 0.350 e. The number of hydrogen-bond acceptors (Lipinski definition) is 1. The molecule has 1 atom stereocenters. The fraction of sp³-hybridized carbons (Fsp3) is 0.273. The van der Waals surface area contributed by atoms with Gasteiger partial charge < -0.3 is 4.57 Å². The topological polar surface area (TPSA) is 8.17 Å². The summed E-state index contributed by atoms with van der Waals surface area (Å²) in [6, 6.07) is 11.7. The van der Waals surface area contributed by atoms with Crippen LogP contribution in [0.25, 0.3) is 0 Å². The first-order valence-electron chi connectivity index (χ1n) is 9.34. The molecule has 0 fully saturated rings. The molecule has 0 radical (unpaired) electrons. The SMILES string of the molecule is Fc1cccc(F)c1C1c2cccn2CCCN1Cc1cccc(C(F)(F)F)c1. The summed E-state index contributed by atoms with van der Waals surface area (Å²) >= 11 is 0. The van der Waals surface area contributed by atoms with E-state index in [4.69, 9.17) is 0 Å². The summed E-state index contributed by atoms with van der Waals surface area (Å²) in [5, 5.41) is 0. The normalized spacial score (nSPS) is 17.8. The maximum absolute atomic E-state index is 14.7. The van der Waals surface area contributed by atoms with E-state index >= 15 is 0 Å². The maximum atomic E-state index is 14.7. The average molecular weight is 406 g/mol. The molecule has 0 saturated carbocycles. The number of fused-ring (bicyclic) bond motifs is 1. The van der Waals surface area contributed by atoms with Crippen LogP contribution in [-0.4, -0.2) is 16.0 Å². The van der Waals surface area contributed by atoms with E-state index in [9.17, 15) is 22.0 Å². The molecule has 0 N–H and O–H groups in total. The molecule has 2 aromatic carbocycles. The zero-order valence-electron chi connectivity index (χ0n) is 15.5. The van der Waals surface area contributed by atoms with Crippen LogP contribution in [0.4, 0.5) is 22.0 Å². The third-order valence-corrected chi connectivity index (χ3v) is 5.27. The van der Waals surface area contributed by atoms with Crippen LogP contribution >= 0.6 is 0 Å². The Morgan fingerprint density at radius 3 is 2.34 bits per heavy atom. The first kappa shape index (κ1) is 19.6. The molecule has 1 aromatic heterocycles. The van der Waals surface area contributed by atoms with Crippen LogP contribution in [0, 0.1) is 11.6 Å². The Labute approximate surface area is 165 Å². The predicted octanol–water partition coefficient (Wildman–Crippen LogP) is 5.78. The standard InChI is InChI=1S/C22H19F5N2/c23-17-7-2-8-18(24)20(17)21-19-9-3-10-28(19)11-4-12-29(21)14-15-5-1-6-16(13-15)22(25,26)27/h1-3,5-10,13,21H,4,11-12,14H2. The molecule has 1 aliphatic heterocycles. The molecule has 0 saturated heterocycles. The van der Waals surface area contributed by atoms with E-state index in [1.807, 2.05) is 21.7 Å². The van der Waals surface area contributed by atoms with Crippen LogP contribution in [0.3, 0.4) is 0 Å². The fourth-order valence-electron chi connectivity index (χ4n) is 3.99. The molecule has 0 amide bonds. The molecule has 4 rings (SSSR count). The Bertz CT molecular complexity index is 988. The second kappa shape index (κ2) is 7.63. The first-order valence-corrected chi connectivity index (χ1v) is 9.34. The van der Waals surface area contributed by atoms with Crippen molar-refractivity contribution in [2.24, 2.45) is 0 Å². The Morgan fingerprint density at radius 2 is 1.62 bits per heavy atom. The van der Waals surface area contributed by atoms with Gasteiger partial charge in [-0.05, 0) is 42.3 Å². The number of benzene rings is 2. The van der Waals surface area contributed by atoms with Crippen molar-refractivity contribution in [3.63, 3.8) is 0 Å². The third-order valence-electron chi connectivity index (χ3n) is 5.27. The summed E-state index contributed by atoms with van der Waals surface area (Å²) in [6.07, 6.45) is -1.87. The molecule has 0 spiro atoms. The Balaban J connectivity index is 1.77. The van der Waals surface area contributed by atoms with Crippen molar-refractivity contribution in [2.45, 2.75) is 31.7 Å². The maximum Gasteiger partial charge on any atom is 0.416 e. The summed E-state index contributed by atoms with van der Waals surface area (Å²) in [6.45, 7) is 1.32. The van der Waals surface area contributed by atoms with Crippen molar-refractivity contribution in [3.05, 3.63) is 94.8 Å². The van der Waals surface area contributed by atoms with Gasteiger partial charge in [0.2, 0.25) is 0 Å². The van der Waals surface area contributed by atoms with Crippen LogP contribution in [0.1, 0.15) is 34.8 Å². The largest absolute Gasteiger partial charge is 0.416 e. The number of halogens is 5. The van der Waals surface area contributed by atoms with Crippen LogP contribution in [0.5, 0.6) is 0 Å². The highest BCUT2D eigenvalue weighted by Crippen LogP contribution is 2.36. The lowest BCUT2D eigenvalue weighted by Crippen LogP contribution is -2.31. The van der Waals surface area contributed by atoms with Gasteiger partial charge in [-0.25, -0.2) is 8.78 Å². The summed E-state index contributed by atoms with van der Waals surface area (Å²) < 4.78 is 70.6. The molecule has 1 aliphatic rings. The lowest BCUT2D eigenvalue weighted by molar-refractivity contribution is -0.137. The monoisotopic (exact) mass is 406 g/mol. The van der Waals surface area contributed by atoms with E-state index in [2.05, 4.69) is 0 Å². The summed E-state index contributed by atoms with van der Waals surface area (Å²) in [5.41, 5.74) is 0.350. The number of aromatic nitrogens is 1. The molecular weight excluding hydrogens is 387 g/mol. The quantitative estimate of drug-likeness (QED) is 0.501. The lowest BCUT2D eigenvalue weighted by Gasteiger charge is -2.31. The van der Waals surface area contributed by atoms with Gasteiger partial charge in [-0.15, -0.1) is 0 Å². The van der Waals surface area contributed by atoms with E-state index < -0.39 is 29.4 Å². The van der Waals surface area contributed by atoms with Crippen molar-refractivity contribution in [1.29, 1.82) is 0 Å². The van der Waals surface area contributed by atoms with Crippen LogP contribution < -0.4 is 0 Å². The number of nitrogens with zero attached hydrogens (tertiary/aromatic N) is 2. The van der Waals surface area contributed by atoms with Crippen LogP contribution in [0.2, 0.25) is 0 Å². The summed E-state index contributed by atoms with van der Waals surface area (Å²) in [4.78, 5) is 1.84. The number of alkyl halides is 3. The second-order valence-corrected chi connectivity index (χ2v) is 7.19. The van der Waals surface area contributed by atoms with E-state index in [-0.39, 0.29) is 12.1 Å².